The van der Waals surface area contributed by atoms with Gasteiger partial charge in [0.2, 0.25) is 0 Å². The zero-order chi connectivity index (χ0) is 11.4. The summed E-state index contributed by atoms with van der Waals surface area (Å²) in [6.07, 6.45) is 8.06. The summed E-state index contributed by atoms with van der Waals surface area (Å²) in [5.74, 6) is 0. The monoisotopic (exact) mass is 222 g/mol. The highest BCUT2D eigenvalue weighted by Gasteiger charge is 2.17. The number of likely N-dealkylation sites (tertiary alicyclic amines) is 1. The molecule has 4 heteroatoms. The van der Waals surface area contributed by atoms with Crippen molar-refractivity contribution < 1.29 is 0 Å². The Morgan fingerprint density at radius 2 is 2.31 bits per heavy atom. The minimum atomic E-state index is 0.713. The minimum absolute atomic E-state index is 0.713. The molecule has 90 valence electrons. The molecule has 1 unspecified atom stereocenters. The van der Waals surface area contributed by atoms with Gasteiger partial charge in [-0.25, -0.2) is 0 Å². The molecule has 2 heterocycles. The first-order chi connectivity index (χ1) is 7.75. The lowest BCUT2D eigenvalue weighted by atomic mass is 10.0. The summed E-state index contributed by atoms with van der Waals surface area (Å²) >= 11 is 0. The van der Waals surface area contributed by atoms with Gasteiger partial charge in [-0.3, -0.25) is 4.68 Å². The smallest absolute Gasteiger partial charge is 0.0534 e. The Kier molecular flexibility index (Phi) is 3.96. The van der Waals surface area contributed by atoms with Crippen LogP contribution in [0.5, 0.6) is 0 Å². The molecule has 0 aliphatic carbocycles. The summed E-state index contributed by atoms with van der Waals surface area (Å²) in [6.45, 7) is 3.27. The van der Waals surface area contributed by atoms with Crippen molar-refractivity contribution in [3.05, 3.63) is 18.0 Å². The summed E-state index contributed by atoms with van der Waals surface area (Å²) in [7, 11) is 4.19. The molecule has 0 bridgehead atoms. The maximum atomic E-state index is 4.16. The molecule has 1 saturated heterocycles. The first-order valence-corrected chi connectivity index (χ1v) is 6.14. The van der Waals surface area contributed by atoms with Crippen LogP contribution in [0.2, 0.25) is 0 Å². The molecule has 0 radical (unpaired) electrons. The van der Waals surface area contributed by atoms with Crippen LogP contribution in [0.25, 0.3) is 0 Å². The van der Waals surface area contributed by atoms with Gasteiger partial charge in [0.25, 0.3) is 0 Å². The largest absolute Gasteiger partial charge is 0.311 e. The number of nitrogens with zero attached hydrogens (tertiary/aromatic N) is 3. The minimum Gasteiger partial charge on any atom is -0.311 e. The van der Waals surface area contributed by atoms with Crippen LogP contribution in [0.4, 0.5) is 0 Å². The van der Waals surface area contributed by atoms with Gasteiger partial charge in [0.15, 0.2) is 0 Å². The van der Waals surface area contributed by atoms with Gasteiger partial charge in [-0.15, -0.1) is 0 Å². The van der Waals surface area contributed by atoms with Crippen molar-refractivity contribution in [2.75, 3.05) is 20.1 Å². The van der Waals surface area contributed by atoms with Crippen molar-refractivity contribution in [2.45, 2.75) is 31.8 Å². The first kappa shape index (κ1) is 11.6. The van der Waals surface area contributed by atoms with Crippen LogP contribution in [0.3, 0.4) is 0 Å². The third-order valence-electron chi connectivity index (χ3n) is 3.39. The fraction of sp³-hybridized carbons (Fsp3) is 0.750. The Morgan fingerprint density at radius 1 is 1.44 bits per heavy atom. The normalized spacial score (nSPS) is 22.5. The van der Waals surface area contributed by atoms with Crippen molar-refractivity contribution in [3.8, 4) is 0 Å². The molecule has 2 rings (SSSR count). The van der Waals surface area contributed by atoms with E-state index in [0.717, 1.165) is 13.1 Å². The summed E-state index contributed by atoms with van der Waals surface area (Å²) in [4.78, 5) is 2.47. The number of hydrogen-bond acceptors (Lipinski definition) is 3. The number of aryl methyl sites for hydroxylation is 1. The topological polar surface area (TPSA) is 33.1 Å². The molecule has 1 atom stereocenters. The summed E-state index contributed by atoms with van der Waals surface area (Å²) in [6, 6.07) is 0.713. The maximum absolute atomic E-state index is 4.16. The van der Waals surface area contributed by atoms with Crippen LogP contribution >= 0.6 is 0 Å². The first-order valence-electron chi connectivity index (χ1n) is 6.14. The maximum Gasteiger partial charge on any atom is 0.0534 e. The van der Waals surface area contributed by atoms with E-state index in [4.69, 9.17) is 0 Å². The van der Waals surface area contributed by atoms with Crippen LogP contribution in [0.1, 0.15) is 24.8 Å². The summed E-state index contributed by atoms with van der Waals surface area (Å²) < 4.78 is 1.85. The highest BCUT2D eigenvalue weighted by Crippen LogP contribution is 2.14. The molecule has 1 fully saturated rings. The molecule has 1 aromatic heterocycles. The third kappa shape index (κ3) is 3.06. The molecule has 1 N–H and O–H groups in total. The molecule has 1 aromatic rings. The van der Waals surface area contributed by atoms with Crippen molar-refractivity contribution in [3.63, 3.8) is 0 Å². The van der Waals surface area contributed by atoms with E-state index in [0.29, 0.717) is 6.04 Å². The molecule has 0 amide bonds. The van der Waals surface area contributed by atoms with Gasteiger partial charge in [0.1, 0.15) is 0 Å². The quantitative estimate of drug-likeness (QED) is 0.825. The van der Waals surface area contributed by atoms with E-state index in [1.807, 2.05) is 17.9 Å². The Morgan fingerprint density at radius 3 is 3.00 bits per heavy atom. The van der Waals surface area contributed by atoms with Gasteiger partial charge in [-0.1, -0.05) is 6.42 Å². The average Bonchev–Trinajstić information content (AvgIpc) is 2.67. The van der Waals surface area contributed by atoms with Crippen molar-refractivity contribution >= 4 is 0 Å². The zero-order valence-corrected chi connectivity index (χ0v) is 10.3. The van der Waals surface area contributed by atoms with E-state index in [-0.39, 0.29) is 0 Å². The van der Waals surface area contributed by atoms with E-state index >= 15 is 0 Å². The summed E-state index contributed by atoms with van der Waals surface area (Å²) in [5.41, 5.74) is 1.26. The Balaban J connectivity index is 1.71. The van der Waals surface area contributed by atoms with Crippen molar-refractivity contribution in [1.82, 2.24) is 20.0 Å². The van der Waals surface area contributed by atoms with Gasteiger partial charge >= 0.3 is 0 Å². The standard InChI is InChI=1S/C12H22N4/c1-15-6-4-3-5-12(15)9-13-7-11-8-14-16(2)10-11/h8,10,12-13H,3-7,9H2,1-2H3. The number of rotatable bonds is 4. The number of piperidine rings is 1. The average molecular weight is 222 g/mol. The second kappa shape index (κ2) is 5.46. The molecular weight excluding hydrogens is 200 g/mol. The van der Waals surface area contributed by atoms with Crippen LogP contribution < -0.4 is 5.32 Å². The summed E-state index contributed by atoms with van der Waals surface area (Å²) in [5, 5.41) is 7.68. The van der Waals surface area contributed by atoms with Crippen molar-refractivity contribution in [2.24, 2.45) is 7.05 Å². The third-order valence-corrected chi connectivity index (χ3v) is 3.39. The van der Waals surface area contributed by atoms with E-state index in [2.05, 4.69) is 28.6 Å². The Hall–Kier alpha value is -0.870. The van der Waals surface area contributed by atoms with Gasteiger partial charge in [-0.05, 0) is 26.4 Å². The van der Waals surface area contributed by atoms with Gasteiger partial charge in [0, 0.05) is 37.9 Å². The molecule has 0 saturated carbocycles. The van der Waals surface area contributed by atoms with Crippen LogP contribution in [-0.2, 0) is 13.6 Å². The molecule has 1 aliphatic heterocycles. The molecule has 1 aliphatic rings. The molecule has 4 nitrogen and oxygen atoms in total. The number of nitrogens with one attached hydrogen (secondary N) is 1. The predicted octanol–water partition coefficient (Wildman–Crippen LogP) is 0.994. The van der Waals surface area contributed by atoms with E-state index in [1.165, 1.54) is 31.4 Å². The van der Waals surface area contributed by atoms with E-state index in [1.54, 1.807) is 0 Å². The Labute approximate surface area is 97.6 Å². The van der Waals surface area contributed by atoms with Crippen molar-refractivity contribution in [1.29, 1.82) is 0 Å². The number of likely N-dealkylation sites (N-methyl/N-ethyl adjacent to an activating group) is 1. The van der Waals surface area contributed by atoms with Crippen LogP contribution in [0, 0.1) is 0 Å². The van der Waals surface area contributed by atoms with Crippen LogP contribution in [-0.4, -0.2) is 40.9 Å². The van der Waals surface area contributed by atoms with Gasteiger partial charge < -0.3 is 10.2 Å². The lowest BCUT2D eigenvalue weighted by Crippen LogP contribution is -2.42. The molecular formula is C12H22N4. The van der Waals surface area contributed by atoms with Crippen LogP contribution in [0.15, 0.2) is 12.4 Å². The molecule has 0 spiro atoms. The highest BCUT2D eigenvalue weighted by atomic mass is 15.2. The predicted molar refractivity (Wildman–Crippen MR) is 65.2 cm³/mol. The zero-order valence-electron chi connectivity index (χ0n) is 10.3. The van der Waals surface area contributed by atoms with E-state index in [9.17, 15) is 0 Å². The van der Waals surface area contributed by atoms with Gasteiger partial charge in [0.05, 0.1) is 6.20 Å². The molecule has 16 heavy (non-hydrogen) atoms. The van der Waals surface area contributed by atoms with E-state index < -0.39 is 0 Å². The SMILES string of the molecule is CN1CCCCC1CNCc1cnn(C)c1. The second-order valence-electron chi connectivity index (χ2n) is 4.78. The molecule has 0 aromatic carbocycles. The second-order valence-corrected chi connectivity index (χ2v) is 4.78. The highest BCUT2D eigenvalue weighted by molar-refractivity contribution is 5.02. The Bertz CT molecular complexity index is 321. The van der Waals surface area contributed by atoms with Gasteiger partial charge in [-0.2, -0.15) is 5.10 Å². The fourth-order valence-corrected chi connectivity index (χ4v) is 2.35. The number of aromatic nitrogens is 2. The lowest BCUT2D eigenvalue weighted by Gasteiger charge is -2.32. The fourth-order valence-electron chi connectivity index (χ4n) is 2.35. The lowest BCUT2D eigenvalue weighted by molar-refractivity contribution is 0.181. The number of hydrogen-bond donors (Lipinski definition) is 1.